The number of rotatable bonds is 11. The normalized spacial score (nSPS) is 27.6. The fourth-order valence-electron chi connectivity index (χ4n) is 5.80. The van der Waals surface area contributed by atoms with Gasteiger partial charge in [0, 0.05) is 39.2 Å². The number of likely N-dealkylation sites (tertiary alicyclic amines) is 1. The Morgan fingerprint density at radius 2 is 1.84 bits per heavy atom. The SMILES string of the molecule is COc1cc(N)c(Cl)cc1C(=O)N[C@H]1CCN(CCCCCC(=O)OC2CN3CCC2CC3)C[C@@H]1OC. The van der Waals surface area contributed by atoms with Gasteiger partial charge >= 0.3 is 5.97 Å². The Morgan fingerprint density at radius 3 is 2.51 bits per heavy atom. The van der Waals surface area contributed by atoms with E-state index in [0.29, 0.717) is 34.4 Å². The molecule has 0 radical (unpaired) electrons. The highest BCUT2D eigenvalue weighted by Gasteiger charge is 2.36. The number of esters is 1. The average Bonchev–Trinajstić information content (AvgIpc) is 2.91. The Hall–Kier alpha value is -2.07. The molecule has 0 spiro atoms. The van der Waals surface area contributed by atoms with Crippen LogP contribution in [0.4, 0.5) is 5.69 Å². The van der Waals surface area contributed by atoms with Gasteiger partial charge in [-0.1, -0.05) is 18.0 Å². The van der Waals surface area contributed by atoms with Crippen molar-refractivity contribution < 1.29 is 23.8 Å². The smallest absolute Gasteiger partial charge is 0.306 e. The number of methoxy groups -OCH3 is 2. The number of fused-ring (bicyclic) bond motifs is 3. The van der Waals surface area contributed by atoms with E-state index in [-0.39, 0.29) is 30.1 Å². The third-order valence-corrected chi connectivity index (χ3v) is 8.39. The van der Waals surface area contributed by atoms with Crippen molar-refractivity contribution in [2.24, 2.45) is 5.92 Å². The summed E-state index contributed by atoms with van der Waals surface area (Å²) in [5, 5.41) is 3.40. The van der Waals surface area contributed by atoms with E-state index >= 15 is 0 Å². The van der Waals surface area contributed by atoms with Gasteiger partial charge in [-0.15, -0.1) is 0 Å². The zero-order valence-corrected chi connectivity index (χ0v) is 22.8. The number of carbonyl (C=O) groups excluding carboxylic acids is 2. The number of hydrogen-bond acceptors (Lipinski definition) is 8. The number of ether oxygens (including phenoxy) is 3. The highest BCUT2D eigenvalue weighted by Crippen LogP contribution is 2.30. The number of carbonyl (C=O) groups is 2. The molecule has 4 saturated heterocycles. The van der Waals surface area contributed by atoms with Crippen LogP contribution < -0.4 is 15.8 Å². The molecule has 206 valence electrons. The summed E-state index contributed by atoms with van der Waals surface area (Å²) < 4.78 is 16.8. The van der Waals surface area contributed by atoms with E-state index in [2.05, 4.69) is 15.1 Å². The van der Waals surface area contributed by atoms with Crippen molar-refractivity contribution in [1.82, 2.24) is 15.1 Å². The molecule has 0 saturated carbocycles. The number of nitrogens with zero attached hydrogens (tertiary/aromatic N) is 2. The molecule has 1 amide bonds. The molecule has 0 aromatic heterocycles. The van der Waals surface area contributed by atoms with Gasteiger partial charge in [0.15, 0.2) is 0 Å². The molecule has 1 unspecified atom stereocenters. The van der Waals surface area contributed by atoms with E-state index in [9.17, 15) is 9.59 Å². The van der Waals surface area contributed by atoms with Crippen LogP contribution in [0.3, 0.4) is 0 Å². The molecule has 9 nitrogen and oxygen atoms in total. The first-order chi connectivity index (χ1) is 17.9. The quantitative estimate of drug-likeness (QED) is 0.252. The Balaban J connectivity index is 1.15. The molecular formula is C27H41ClN4O5. The van der Waals surface area contributed by atoms with Crippen molar-refractivity contribution in [3.05, 3.63) is 22.7 Å². The Labute approximate surface area is 224 Å². The number of amides is 1. The second-order valence-corrected chi connectivity index (χ2v) is 10.9. The van der Waals surface area contributed by atoms with Gasteiger partial charge < -0.3 is 30.2 Å². The molecule has 1 aromatic rings. The molecule has 0 aliphatic carbocycles. The summed E-state index contributed by atoms with van der Waals surface area (Å²) in [6, 6.07) is 2.98. The first-order valence-electron chi connectivity index (χ1n) is 13.5. The van der Waals surface area contributed by atoms with Gasteiger partial charge in [0.05, 0.1) is 35.5 Å². The first-order valence-corrected chi connectivity index (χ1v) is 13.9. The summed E-state index contributed by atoms with van der Waals surface area (Å²) in [6.07, 6.45) is 6.42. The molecule has 10 heteroatoms. The molecule has 4 heterocycles. The van der Waals surface area contributed by atoms with Crippen molar-refractivity contribution in [2.45, 2.75) is 63.2 Å². The van der Waals surface area contributed by atoms with Crippen LogP contribution in [0.2, 0.25) is 5.02 Å². The summed E-state index contributed by atoms with van der Waals surface area (Å²) >= 11 is 6.13. The number of nitrogens with one attached hydrogen (secondary N) is 1. The van der Waals surface area contributed by atoms with Gasteiger partial charge in [-0.3, -0.25) is 14.5 Å². The number of unbranched alkanes of at least 4 members (excludes halogenated alkanes) is 2. The summed E-state index contributed by atoms with van der Waals surface area (Å²) in [4.78, 5) is 30.0. The molecule has 1 aromatic carbocycles. The Bertz CT molecular complexity index is 940. The maximum absolute atomic E-state index is 13.0. The number of hydrogen-bond donors (Lipinski definition) is 2. The minimum absolute atomic E-state index is 0.0474. The first kappa shape index (κ1) is 28.0. The van der Waals surface area contributed by atoms with Crippen LogP contribution in [-0.4, -0.2) is 93.4 Å². The van der Waals surface area contributed by atoms with Gasteiger partial charge in [0.2, 0.25) is 0 Å². The second-order valence-electron chi connectivity index (χ2n) is 10.5. The average molecular weight is 537 g/mol. The van der Waals surface area contributed by atoms with Crippen LogP contribution in [0, 0.1) is 5.92 Å². The number of benzene rings is 1. The van der Waals surface area contributed by atoms with Crippen LogP contribution in [0.5, 0.6) is 5.75 Å². The molecule has 2 bridgehead atoms. The van der Waals surface area contributed by atoms with Crippen molar-refractivity contribution in [3.63, 3.8) is 0 Å². The van der Waals surface area contributed by atoms with Crippen molar-refractivity contribution in [2.75, 3.05) is 59.2 Å². The standard InChI is InChI=1S/C27H41ClN4O5/c1-35-23-15-21(29)20(28)14-19(23)27(34)30-22-9-13-31(17-25(22)36-2)10-5-3-4-6-26(33)37-24-16-32-11-7-18(24)8-12-32/h14-15,18,22,24-25H,3-13,16-17,29H2,1-2H3,(H,30,34)/t22-,24?,25-/m0/s1. The third-order valence-electron chi connectivity index (χ3n) is 8.06. The van der Waals surface area contributed by atoms with Crippen LogP contribution in [0.25, 0.3) is 0 Å². The Morgan fingerprint density at radius 1 is 1.05 bits per heavy atom. The lowest BCUT2D eigenvalue weighted by molar-refractivity contribution is -0.158. The molecule has 3 atom stereocenters. The topological polar surface area (TPSA) is 106 Å². The van der Waals surface area contributed by atoms with E-state index in [1.54, 1.807) is 13.2 Å². The van der Waals surface area contributed by atoms with E-state index < -0.39 is 0 Å². The largest absolute Gasteiger partial charge is 0.496 e. The zero-order chi connectivity index (χ0) is 26.4. The van der Waals surface area contributed by atoms with E-state index in [4.69, 9.17) is 31.5 Å². The minimum Gasteiger partial charge on any atom is -0.496 e. The van der Waals surface area contributed by atoms with Crippen molar-refractivity contribution in [3.8, 4) is 5.75 Å². The predicted octanol–water partition coefficient (Wildman–Crippen LogP) is 2.95. The summed E-state index contributed by atoms with van der Waals surface area (Å²) in [5.74, 6) is 0.637. The monoisotopic (exact) mass is 536 g/mol. The van der Waals surface area contributed by atoms with Gasteiger partial charge in [-0.2, -0.15) is 0 Å². The second kappa shape index (κ2) is 13.1. The summed E-state index contributed by atoms with van der Waals surface area (Å²) in [7, 11) is 3.17. The number of anilines is 1. The molecule has 3 N–H and O–H groups in total. The fraction of sp³-hybridized carbons (Fsp3) is 0.704. The van der Waals surface area contributed by atoms with Gasteiger partial charge in [-0.25, -0.2) is 0 Å². The van der Waals surface area contributed by atoms with E-state index in [0.717, 1.165) is 77.8 Å². The maximum Gasteiger partial charge on any atom is 0.306 e. The number of piperidine rings is 4. The highest BCUT2D eigenvalue weighted by molar-refractivity contribution is 6.33. The lowest BCUT2D eigenvalue weighted by Crippen LogP contribution is -2.54. The van der Waals surface area contributed by atoms with Crippen molar-refractivity contribution >= 4 is 29.2 Å². The molecule has 4 fully saturated rings. The lowest BCUT2D eigenvalue weighted by Gasteiger charge is -2.43. The summed E-state index contributed by atoms with van der Waals surface area (Å²) in [6.45, 7) is 5.76. The van der Waals surface area contributed by atoms with E-state index in [1.165, 1.54) is 13.2 Å². The predicted molar refractivity (Wildman–Crippen MR) is 143 cm³/mol. The van der Waals surface area contributed by atoms with Gasteiger partial charge in [0.1, 0.15) is 11.9 Å². The summed E-state index contributed by atoms with van der Waals surface area (Å²) in [5.41, 5.74) is 6.56. The number of nitrogens with two attached hydrogens (primary N) is 1. The molecule has 4 aliphatic heterocycles. The van der Waals surface area contributed by atoms with Gasteiger partial charge in [-0.05, 0) is 63.7 Å². The van der Waals surface area contributed by atoms with Crippen LogP contribution in [-0.2, 0) is 14.3 Å². The fourth-order valence-corrected chi connectivity index (χ4v) is 5.97. The van der Waals surface area contributed by atoms with Gasteiger partial charge in [0.25, 0.3) is 5.91 Å². The number of halogens is 1. The maximum atomic E-state index is 13.0. The molecule has 5 rings (SSSR count). The van der Waals surface area contributed by atoms with E-state index in [1.807, 2.05) is 0 Å². The zero-order valence-electron chi connectivity index (χ0n) is 22.0. The number of nitrogen functional groups attached to an aromatic ring is 1. The molecule has 37 heavy (non-hydrogen) atoms. The van der Waals surface area contributed by atoms with Crippen LogP contribution >= 0.6 is 11.6 Å². The van der Waals surface area contributed by atoms with Crippen LogP contribution in [0.1, 0.15) is 55.3 Å². The Kier molecular flexibility index (Phi) is 9.92. The van der Waals surface area contributed by atoms with Crippen LogP contribution in [0.15, 0.2) is 12.1 Å². The van der Waals surface area contributed by atoms with Crippen molar-refractivity contribution in [1.29, 1.82) is 0 Å². The minimum atomic E-state index is -0.260. The molecular weight excluding hydrogens is 496 g/mol. The third kappa shape index (κ3) is 7.28. The molecule has 4 aliphatic rings. The highest BCUT2D eigenvalue weighted by atomic mass is 35.5. The lowest BCUT2D eigenvalue weighted by atomic mass is 9.86.